The van der Waals surface area contributed by atoms with Crippen molar-refractivity contribution in [1.29, 1.82) is 0 Å². The molecule has 2 N–H and O–H groups in total. The van der Waals surface area contributed by atoms with Crippen LogP contribution in [-0.2, 0) is 19.9 Å². The Morgan fingerprint density at radius 3 is 2.52 bits per heavy atom. The minimum absolute atomic E-state index is 0.0220. The molecule has 5 heteroatoms. The van der Waals surface area contributed by atoms with E-state index in [1.54, 1.807) is 7.05 Å². The zero-order valence-corrected chi connectivity index (χ0v) is 13.2. The SMILES string of the molecule is Cc1cc(=O)[nH]c2c(O)c3c(cc12)c1c(c(=O)n3C)CCCC1. The first-order valence-electron chi connectivity index (χ1n) is 7.89. The largest absolute Gasteiger partial charge is 0.504 e. The van der Waals surface area contributed by atoms with Crippen LogP contribution in [0, 0.1) is 6.92 Å². The number of H-pyrrole nitrogens is 1. The van der Waals surface area contributed by atoms with Gasteiger partial charge in [-0.1, -0.05) is 0 Å². The lowest BCUT2D eigenvalue weighted by atomic mass is 9.89. The molecule has 3 aromatic rings. The molecule has 0 atom stereocenters. The fraction of sp³-hybridized carbons (Fsp3) is 0.333. The molecule has 0 aliphatic heterocycles. The maximum atomic E-state index is 12.6. The quantitative estimate of drug-likeness (QED) is 0.626. The average Bonchev–Trinajstić information content (AvgIpc) is 2.53. The second kappa shape index (κ2) is 4.72. The fourth-order valence-corrected chi connectivity index (χ4v) is 3.84. The van der Waals surface area contributed by atoms with E-state index in [1.807, 2.05) is 13.0 Å². The van der Waals surface area contributed by atoms with Gasteiger partial charge in [0.05, 0.1) is 11.0 Å². The molecule has 0 radical (unpaired) electrons. The van der Waals surface area contributed by atoms with Gasteiger partial charge in [0.15, 0.2) is 5.75 Å². The van der Waals surface area contributed by atoms with Gasteiger partial charge in [0.1, 0.15) is 0 Å². The van der Waals surface area contributed by atoms with Crippen molar-refractivity contribution in [3.8, 4) is 5.75 Å². The summed E-state index contributed by atoms with van der Waals surface area (Å²) in [7, 11) is 1.68. The highest BCUT2D eigenvalue weighted by Gasteiger charge is 2.21. The predicted octanol–water partition coefficient (Wildman–Crippen LogP) is 2.27. The Hall–Kier alpha value is -2.56. The summed E-state index contributed by atoms with van der Waals surface area (Å²) in [6.07, 6.45) is 3.73. The van der Waals surface area contributed by atoms with Gasteiger partial charge >= 0.3 is 0 Å². The lowest BCUT2D eigenvalue weighted by molar-refractivity contribution is 0.482. The highest BCUT2D eigenvalue weighted by atomic mass is 16.3. The van der Waals surface area contributed by atoms with E-state index in [2.05, 4.69) is 4.98 Å². The lowest BCUT2D eigenvalue weighted by Crippen LogP contribution is -2.26. The molecular formula is C18H18N2O3. The number of aromatic nitrogens is 2. The van der Waals surface area contributed by atoms with Crippen LogP contribution in [0.3, 0.4) is 0 Å². The van der Waals surface area contributed by atoms with Gasteiger partial charge in [-0.2, -0.15) is 0 Å². The van der Waals surface area contributed by atoms with Gasteiger partial charge in [0, 0.05) is 29.4 Å². The molecule has 2 aromatic heterocycles. The summed E-state index contributed by atoms with van der Waals surface area (Å²) in [4.78, 5) is 27.1. The van der Waals surface area contributed by atoms with Crippen LogP contribution in [0.1, 0.15) is 29.5 Å². The summed E-state index contributed by atoms with van der Waals surface area (Å²) >= 11 is 0. The number of nitrogens with one attached hydrogen (secondary N) is 1. The summed E-state index contributed by atoms with van der Waals surface area (Å²) in [6, 6.07) is 3.53. The van der Waals surface area contributed by atoms with E-state index in [9.17, 15) is 14.7 Å². The molecule has 0 amide bonds. The Labute approximate surface area is 132 Å². The molecule has 0 bridgehead atoms. The van der Waals surface area contributed by atoms with E-state index in [4.69, 9.17) is 0 Å². The number of benzene rings is 1. The molecule has 0 fully saturated rings. The third kappa shape index (κ3) is 1.86. The highest BCUT2D eigenvalue weighted by Crippen LogP contribution is 2.36. The van der Waals surface area contributed by atoms with Gasteiger partial charge in [-0.05, 0) is 49.8 Å². The minimum atomic E-state index is -0.257. The number of aryl methyl sites for hydroxylation is 3. The number of pyridine rings is 2. The molecule has 118 valence electrons. The average molecular weight is 310 g/mol. The number of phenols is 1. The summed E-state index contributed by atoms with van der Waals surface area (Å²) in [5.41, 5.74) is 3.34. The van der Waals surface area contributed by atoms with Crippen molar-refractivity contribution in [2.24, 2.45) is 7.05 Å². The van der Waals surface area contributed by atoms with Crippen molar-refractivity contribution < 1.29 is 5.11 Å². The van der Waals surface area contributed by atoms with Crippen molar-refractivity contribution in [2.45, 2.75) is 32.6 Å². The summed E-state index contributed by atoms with van der Waals surface area (Å²) in [5.74, 6) is -0.0220. The molecular weight excluding hydrogens is 292 g/mol. The van der Waals surface area contributed by atoms with Crippen molar-refractivity contribution in [2.75, 3.05) is 0 Å². The number of aromatic amines is 1. The number of hydrogen-bond acceptors (Lipinski definition) is 3. The standard InChI is InChI=1S/C18H18N2O3/c1-9-7-14(21)19-15-12(9)8-13-10-5-3-4-6-11(10)18(23)20(2)16(13)17(15)22/h7-8,22H,3-6H2,1-2H3,(H,19,21). The van der Waals surface area contributed by atoms with Gasteiger partial charge in [-0.25, -0.2) is 0 Å². The number of nitrogens with zero attached hydrogens (tertiary/aromatic N) is 1. The number of hydrogen-bond donors (Lipinski definition) is 2. The van der Waals surface area contributed by atoms with E-state index in [0.717, 1.165) is 53.1 Å². The molecule has 2 heterocycles. The van der Waals surface area contributed by atoms with Crippen molar-refractivity contribution in [3.05, 3.63) is 49.5 Å². The predicted molar refractivity (Wildman–Crippen MR) is 90.4 cm³/mol. The number of rotatable bonds is 0. The van der Waals surface area contributed by atoms with E-state index in [1.165, 1.54) is 10.6 Å². The van der Waals surface area contributed by atoms with Crippen molar-refractivity contribution in [3.63, 3.8) is 0 Å². The van der Waals surface area contributed by atoms with E-state index < -0.39 is 0 Å². The highest BCUT2D eigenvalue weighted by molar-refractivity contribution is 6.04. The van der Waals surface area contributed by atoms with Crippen LogP contribution < -0.4 is 11.1 Å². The van der Waals surface area contributed by atoms with Crippen molar-refractivity contribution in [1.82, 2.24) is 9.55 Å². The Morgan fingerprint density at radius 2 is 1.78 bits per heavy atom. The summed E-state index contributed by atoms with van der Waals surface area (Å²) in [5, 5.41) is 12.5. The molecule has 1 aromatic carbocycles. The topological polar surface area (TPSA) is 75.1 Å². The number of fused-ring (bicyclic) bond motifs is 4. The third-order valence-corrected chi connectivity index (χ3v) is 4.99. The van der Waals surface area contributed by atoms with Gasteiger partial charge in [0.2, 0.25) is 5.56 Å². The normalized spacial score (nSPS) is 14.3. The monoisotopic (exact) mass is 310 g/mol. The second-order valence-electron chi connectivity index (χ2n) is 6.39. The van der Waals surface area contributed by atoms with Crippen molar-refractivity contribution >= 4 is 21.8 Å². The molecule has 0 spiro atoms. The second-order valence-corrected chi connectivity index (χ2v) is 6.39. The maximum absolute atomic E-state index is 12.6. The first kappa shape index (κ1) is 14.1. The molecule has 0 saturated heterocycles. The Morgan fingerprint density at radius 1 is 1.09 bits per heavy atom. The maximum Gasteiger partial charge on any atom is 0.254 e. The van der Waals surface area contributed by atoms with Gasteiger partial charge in [-0.3, -0.25) is 9.59 Å². The fourth-order valence-electron chi connectivity index (χ4n) is 3.84. The molecule has 23 heavy (non-hydrogen) atoms. The number of aromatic hydroxyl groups is 1. The molecule has 4 rings (SSSR count). The van der Waals surface area contributed by atoms with Crippen LogP contribution in [-0.4, -0.2) is 14.7 Å². The first-order valence-corrected chi connectivity index (χ1v) is 7.89. The van der Waals surface area contributed by atoms with Gasteiger partial charge in [0.25, 0.3) is 5.56 Å². The van der Waals surface area contributed by atoms with Crippen LogP contribution in [0.5, 0.6) is 5.75 Å². The molecule has 1 aliphatic carbocycles. The number of phenolic OH excluding ortho intramolecular Hbond substituents is 1. The van der Waals surface area contributed by atoms with Crippen LogP contribution in [0.25, 0.3) is 21.8 Å². The summed E-state index contributed by atoms with van der Waals surface area (Å²) < 4.78 is 1.51. The Balaban J connectivity index is 2.31. The first-order chi connectivity index (χ1) is 11.0. The smallest absolute Gasteiger partial charge is 0.254 e. The van der Waals surface area contributed by atoms with Gasteiger partial charge in [-0.15, -0.1) is 0 Å². The third-order valence-electron chi connectivity index (χ3n) is 4.99. The molecule has 0 unspecified atom stereocenters. The molecule has 1 aliphatic rings. The van der Waals surface area contributed by atoms with Crippen LogP contribution in [0.15, 0.2) is 21.7 Å². The van der Waals surface area contributed by atoms with E-state index in [0.29, 0.717) is 11.0 Å². The molecule has 5 nitrogen and oxygen atoms in total. The van der Waals surface area contributed by atoms with E-state index >= 15 is 0 Å². The zero-order valence-electron chi connectivity index (χ0n) is 13.2. The lowest BCUT2D eigenvalue weighted by Gasteiger charge is -2.21. The minimum Gasteiger partial charge on any atom is -0.504 e. The van der Waals surface area contributed by atoms with Crippen LogP contribution in [0.2, 0.25) is 0 Å². The Bertz CT molecular complexity index is 1090. The zero-order chi connectivity index (χ0) is 16.3. The summed E-state index contributed by atoms with van der Waals surface area (Å²) in [6.45, 7) is 1.86. The van der Waals surface area contributed by atoms with E-state index in [-0.39, 0.29) is 16.9 Å². The van der Waals surface area contributed by atoms with Gasteiger partial charge < -0.3 is 14.7 Å². The van der Waals surface area contributed by atoms with Crippen LogP contribution >= 0.6 is 0 Å². The molecule has 0 saturated carbocycles. The van der Waals surface area contributed by atoms with Crippen LogP contribution in [0.4, 0.5) is 0 Å². The Kier molecular flexibility index (Phi) is 2.88.